The summed E-state index contributed by atoms with van der Waals surface area (Å²) in [6.45, 7) is 3.93. The number of hydrazine groups is 1. The summed E-state index contributed by atoms with van der Waals surface area (Å²) in [4.78, 5) is 4.17. The Balaban J connectivity index is 2.33. The maximum atomic E-state index is 4.17. The van der Waals surface area contributed by atoms with E-state index in [1.54, 1.807) is 0 Å². The highest BCUT2D eigenvalue weighted by Crippen LogP contribution is 1.86. The van der Waals surface area contributed by atoms with Gasteiger partial charge in [0.1, 0.15) is 5.84 Å². The molecule has 0 saturated carbocycles. The molecule has 0 bridgehead atoms. The van der Waals surface area contributed by atoms with Gasteiger partial charge in [0, 0.05) is 19.5 Å². The average molecular weight is 113 g/mol. The van der Waals surface area contributed by atoms with Gasteiger partial charge in [-0.15, -0.1) is 0 Å². The van der Waals surface area contributed by atoms with Crippen molar-refractivity contribution in [1.82, 2.24) is 10.9 Å². The van der Waals surface area contributed by atoms with Crippen LogP contribution in [0.3, 0.4) is 0 Å². The zero-order valence-electron chi connectivity index (χ0n) is 5.07. The predicted molar refractivity (Wildman–Crippen MR) is 33.7 cm³/mol. The molecule has 1 heterocycles. The molecule has 1 rings (SSSR count). The van der Waals surface area contributed by atoms with E-state index in [1.165, 1.54) is 0 Å². The van der Waals surface area contributed by atoms with Crippen LogP contribution in [0.1, 0.15) is 13.3 Å². The van der Waals surface area contributed by atoms with Gasteiger partial charge in [0.25, 0.3) is 0 Å². The topological polar surface area (TPSA) is 36.4 Å². The van der Waals surface area contributed by atoms with Crippen molar-refractivity contribution in [1.29, 1.82) is 0 Å². The number of rotatable bonds is 1. The van der Waals surface area contributed by atoms with Crippen molar-refractivity contribution in [3.05, 3.63) is 0 Å². The number of amidine groups is 1. The Hall–Kier alpha value is -0.570. The van der Waals surface area contributed by atoms with Crippen LogP contribution in [-0.2, 0) is 0 Å². The Morgan fingerprint density at radius 1 is 1.75 bits per heavy atom. The van der Waals surface area contributed by atoms with Crippen molar-refractivity contribution in [2.45, 2.75) is 13.3 Å². The smallest absolute Gasteiger partial charge is 0.112 e. The van der Waals surface area contributed by atoms with Crippen LogP contribution in [0.4, 0.5) is 0 Å². The molecule has 0 amide bonds. The zero-order chi connectivity index (χ0) is 5.82. The standard InChI is InChI=1S/C5H11N3/c1-2-6-5-3-4-7-8-5/h7H,2-4H2,1H3,(H,6,8). The third kappa shape index (κ3) is 1.20. The molecule has 2 N–H and O–H groups in total. The second-order valence-electron chi connectivity index (χ2n) is 1.72. The zero-order valence-corrected chi connectivity index (χ0v) is 5.07. The summed E-state index contributed by atoms with van der Waals surface area (Å²) >= 11 is 0. The van der Waals surface area contributed by atoms with E-state index in [2.05, 4.69) is 15.8 Å². The van der Waals surface area contributed by atoms with Crippen molar-refractivity contribution in [2.24, 2.45) is 4.99 Å². The summed E-state index contributed by atoms with van der Waals surface area (Å²) < 4.78 is 0. The van der Waals surface area contributed by atoms with E-state index in [9.17, 15) is 0 Å². The number of aliphatic imine (C=N–C) groups is 1. The molecule has 1 fully saturated rings. The van der Waals surface area contributed by atoms with Crippen LogP contribution in [-0.4, -0.2) is 18.9 Å². The Morgan fingerprint density at radius 3 is 3.12 bits per heavy atom. The van der Waals surface area contributed by atoms with Crippen molar-refractivity contribution in [2.75, 3.05) is 13.1 Å². The summed E-state index contributed by atoms with van der Waals surface area (Å²) in [7, 11) is 0. The lowest BCUT2D eigenvalue weighted by Gasteiger charge is -1.92. The molecule has 3 heteroatoms. The van der Waals surface area contributed by atoms with Gasteiger partial charge in [-0.05, 0) is 6.92 Å². The molecule has 3 nitrogen and oxygen atoms in total. The molecule has 0 aromatic carbocycles. The highest BCUT2D eigenvalue weighted by atomic mass is 15.4. The summed E-state index contributed by atoms with van der Waals surface area (Å²) in [5.74, 6) is 1.09. The van der Waals surface area contributed by atoms with Crippen molar-refractivity contribution >= 4 is 5.84 Å². The first-order valence-electron chi connectivity index (χ1n) is 2.95. The van der Waals surface area contributed by atoms with Gasteiger partial charge in [0.05, 0.1) is 0 Å². The van der Waals surface area contributed by atoms with Gasteiger partial charge in [-0.1, -0.05) is 0 Å². The van der Waals surface area contributed by atoms with Crippen LogP contribution in [0.5, 0.6) is 0 Å². The molecule has 0 aliphatic carbocycles. The molecule has 0 unspecified atom stereocenters. The average Bonchev–Trinajstić information content (AvgIpc) is 2.19. The minimum atomic E-state index is 0.879. The minimum absolute atomic E-state index is 0.879. The summed E-state index contributed by atoms with van der Waals surface area (Å²) in [5.41, 5.74) is 5.93. The first-order chi connectivity index (χ1) is 3.93. The Bertz CT molecular complexity index is 89.8. The van der Waals surface area contributed by atoms with E-state index in [1.807, 2.05) is 6.92 Å². The Kier molecular flexibility index (Phi) is 1.86. The lowest BCUT2D eigenvalue weighted by atomic mass is 10.4. The molecular formula is C5H11N3. The second-order valence-corrected chi connectivity index (χ2v) is 1.72. The Labute approximate surface area is 49.2 Å². The second kappa shape index (κ2) is 2.67. The van der Waals surface area contributed by atoms with Crippen molar-refractivity contribution in [3.8, 4) is 0 Å². The monoisotopic (exact) mass is 113 g/mol. The molecule has 0 aromatic rings. The van der Waals surface area contributed by atoms with E-state index < -0.39 is 0 Å². The minimum Gasteiger partial charge on any atom is -0.310 e. The van der Waals surface area contributed by atoms with Gasteiger partial charge in [0.2, 0.25) is 0 Å². The highest BCUT2D eigenvalue weighted by Gasteiger charge is 2.02. The molecule has 8 heavy (non-hydrogen) atoms. The number of nitrogens with zero attached hydrogens (tertiary/aromatic N) is 1. The van der Waals surface area contributed by atoms with Crippen LogP contribution in [0, 0.1) is 0 Å². The SMILES string of the molecule is CCN=C1CCNN1. The van der Waals surface area contributed by atoms with Gasteiger partial charge in [-0.3, -0.25) is 4.99 Å². The first kappa shape index (κ1) is 5.56. The molecule has 46 valence electrons. The van der Waals surface area contributed by atoms with Crippen LogP contribution in [0.25, 0.3) is 0 Å². The van der Waals surface area contributed by atoms with E-state index in [0.717, 1.165) is 25.3 Å². The quantitative estimate of drug-likeness (QED) is 0.498. The molecule has 0 atom stereocenters. The third-order valence-electron chi connectivity index (χ3n) is 1.07. The van der Waals surface area contributed by atoms with Crippen LogP contribution in [0.15, 0.2) is 4.99 Å². The van der Waals surface area contributed by atoms with E-state index in [0.29, 0.717) is 0 Å². The summed E-state index contributed by atoms with van der Waals surface area (Å²) in [6.07, 6.45) is 1.05. The summed E-state index contributed by atoms with van der Waals surface area (Å²) in [5, 5.41) is 0. The molecule has 0 spiro atoms. The molecule has 0 aromatic heterocycles. The first-order valence-corrected chi connectivity index (χ1v) is 2.95. The maximum Gasteiger partial charge on any atom is 0.112 e. The van der Waals surface area contributed by atoms with Gasteiger partial charge in [-0.2, -0.15) is 0 Å². The fourth-order valence-electron chi connectivity index (χ4n) is 0.717. The van der Waals surface area contributed by atoms with Crippen molar-refractivity contribution in [3.63, 3.8) is 0 Å². The van der Waals surface area contributed by atoms with Crippen LogP contribution < -0.4 is 10.9 Å². The lowest BCUT2D eigenvalue weighted by molar-refractivity contribution is 0.742. The molecule has 1 aliphatic rings. The van der Waals surface area contributed by atoms with E-state index >= 15 is 0 Å². The fourth-order valence-corrected chi connectivity index (χ4v) is 0.717. The van der Waals surface area contributed by atoms with E-state index in [-0.39, 0.29) is 0 Å². The maximum absolute atomic E-state index is 4.17. The van der Waals surface area contributed by atoms with Crippen LogP contribution in [0.2, 0.25) is 0 Å². The molecule has 0 radical (unpaired) electrons. The molecule has 1 aliphatic heterocycles. The number of hydrogen-bond acceptors (Lipinski definition) is 2. The lowest BCUT2D eigenvalue weighted by Crippen LogP contribution is -2.25. The van der Waals surface area contributed by atoms with Gasteiger partial charge in [0.15, 0.2) is 0 Å². The Morgan fingerprint density at radius 2 is 2.62 bits per heavy atom. The normalized spacial score (nSPS) is 23.9. The highest BCUT2D eigenvalue weighted by molar-refractivity contribution is 5.83. The fraction of sp³-hybridized carbons (Fsp3) is 0.800. The predicted octanol–water partition coefficient (Wildman–Crippen LogP) is -0.0973. The van der Waals surface area contributed by atoms with Gasteiger partial charge in [-0.25, -0.2) is 5.43 Å². The third-order valence-corrected chi connectivity index (χ3v) is 1.07. The summed E-state index contributed by atoms with van der Waals surface area (Å²) in [6, 6.07) is 0. The molecule has 1 saturated heterocycles. The number of hydrogen-bond donors (Lipinski definition) is 2. The molecular weight excluding hydrogens is 102 g/mol. The van der Waals surface area contributed by atoms with E-state index in [4.69, 9.17) is 0 Å². The van der Waals surface area contributed by atoms with Crippen LogP contribution >= 0.6 is 0 Å². The number of nitrogens with one attached hydrogen (secondary N) is 2. The largest absolute Gasteiger partial charge is 0.310 e. The van der Waals surface area contributed by atoms with Gasteiger partial charge < -0.3 is 5.43 Å². The van der Waals surface area contributed by atoms with Crippen molar-refractivity contribution < 1.29 is 0 Å². The van der Waals surface area contributed by atoms with Gasteiger partial charge >= 0.3 is 0 Å².